The molecule has 1 aromatic carbocycles. The van der Waals surface area contributed by atoms with E-state index in [1.807, 2.05) is 33.8 Å². The van der Waals surface area contributed by atoms with Gasteiger partial charge in [-0.25, -0.2) is 0 Å². The number of aromatic hydroxyl groups is 1. The summed E-state index contributed by atoms with van der Waals surface area (Å²) in [6.45, 7) is 16.7. The van der Waals surface area contributed by atoms with Crippen molar-refractivity contribution >= 4 is 5.57 Å². The van der Waals surface area contributed by atoms with Crippen molar-refractivity contribution < 1.29 is 9.84 Å². The Kier molecular flexibility index (Phi) is 11.0. The molecule has 1 unspecified atom stereocenters. The van der Waals surface area contributed by atoms with Gasteiger partial charge in [0, 0.05) is 5.56 Å². The molecule has 0 heterocycles. The van der Waals surface area contributed by atoms with Crippen LogP contribution < -0.4 is 4.74 Å². The lowest BCUT2D eigenvalue weighted by atomic mass is 9.82. The molecule has 1 N–H and O–H groups in total. The van der Waals surface area contributed by atoms with Crippen LogP contribution in [-0.2, 0) is 0 Å². The maximum Gasteiger partial charge on any atom is 0.127 e. The van der Waals surface area contributed by atoms with Crippen LogP contribution in [0.25, 0.3) is 5.57 Å². The van der Waals surface area contributed by atoms with Crippen molar-refractivity contribution in [2.45, 2.75) is 105 Å². The minimum absolute atomic E-state index is 0.0847. The van der Waals surface area contributed by atoms with Gasteiger partial charge in [-0.2, -0.15) is 0 Å². The van der Waals surface area contributed by atoms with Gasteiger partial charge < -0.3 is 9.84 Å². The van der Waals surface area contributed by atoms with Gasteiger partial charge in [0.25, 0.3) is 0 Å². The minimum atomic E-state index is 0.0847. The van der Waals surface area contributed by atoms with E-state index in [9.17, 15) is 5.11 Å². The van der Waals surface area contributed by atoms with Crippen LogP contribution >= 0.6 is 0 Å². The Labute approximate surface area is 173 Å². The lowest BCUT2D eigenvalue weighted by Gasteiger charge is -2.26. The van der Waals surface area contributed by atoms with Crippen molar-refractivity contribution in [2.24, 2.45) is 0 Å². The number of rotatable bonds is 9. The van der Waals surface area contributed by atoms with E-state index in [1.165, 1.54) is 24.8 Å². The van der Waals surface area contributed by atoms with Gasteiger partial charge in [-0.1, -0.05) is 58.3 Å². The highest BCUT2D eigenvalue weighted by atomic mass is 16.5. The summed E-state index contributed by atoms with van der Waals surface area (Å²) in [6, 6.07) is 4.00. The number of unbranched alkanes of at least 4 members (excludes halogenated alkanes) is 3. The highest BCUT2D eigenvalue weighted by Gasteiger charge is 2.24. The highest BCUT2D eigenvalue weighted by molar-refractivity contribution is 5.68. The van der Waals surface area contributed by atoms with Gasteiger partial charge in [-0.05, 0) is 82.1 Å². The summed E-state index contributed by atoms with van der Waals surface area (Å²) in [5.41, 5.74) is 4.49. The summed E-state index contributed by atoms with van der Waals surface area (Å²) in [5.74, 6) is 1.54. The largest absolute Gasteiger partial charge is 0.507 e. The number of phenolic OH excluding ortho intramolecular Hbond substituents is 1. The molecule has 1 aliphatic rings. The van der Waals surface area contributed by atoms with Gasteiger partial charge in [-0.3, -0.25) is 0 Å². The summed E-state index contributed by atoms with van der Waals surface area (Å²) < 4.78 is 6.13. The average molecular weight is 387 g/mol. The topological polar surface area (TPSA) is 29.5 Å². The lowest BCUT2D eigenvalue weighted by Crippen LogP contribution is -2.12. The molecule has 2 nitrogen and oxygen atoms in total. The third kappa shape index (κ3) is 7.37. The molecule has 0 spiro atoms. The third-order valence-corrected chi connectivity index (χ3v) is 5.21. The fourth-order valence-corrected chi connectivity index (χ4v) is 3.84. The van der Waals surface area contributed by atoms with Crippen molar-refractivity contribution in [3.63, 3.8) is 0 Å². The van der Waals surface area contributed by atoms with Crippen LogP contribution in [0.1, 0.15) is 110 Å². The van der Waals surface area contributed by atoms with E-state index in [4.69, 9.17) is 4.74 Å². The van der Waals surface area contributed by atoms with Crippen LogP contribution in [0.4, 0.5) is 0 Å². The van der Waals surface area contributed by atoms with Crippen molar-refractivity contribution in [2.75, 3.05) is 0 Å². The van der Waals surface area contributed by atoms with E-state index in [2.05, 4.69) is 32.6 Å². The number of ether oxygens (including phenoxy) is 1. The molecule has 0 aromatic heterocycles. The van der Waals surface area contributed by atoms with Gasteiger partial charge in [0.15, 0.2) is 0 Å². The molecule has 1 aliphatic carbocycles. The van der Waals surface area contributed by atoms with Crippen molar-refractivity contribution in [3.05, 3.63) is 41.5 Å². The molecule has 0 radical (unpaired) electrons. The van der Waals surface area contributed by atoms with Gasteiger partial charge >= 0.3 is 0 Å². The average Bonchev–Trinajstić information content (AvgIpc) is 2.66. The normalized spacial score (nSPS) is 16.2. The summed E-state index contributed by atoms with van der Waals surface area (Å²) in [6.07, 6.45) is 11.4. The predicted molar refractivity (Wildman–Crippen MR) is 123 cm³/mol. The Morgan fingerprint density at radius 1 is 1.21 bits per heavy atom. The molecule has 0 saturated heterocycles. The Morgan fingerprint density at radius 3 is 2.54 bits per heavy atom. The van der Waals surface area contributed by atoms with Gasteiger partial charge in [-0.15, -0.1) is 0 Å². The Balaban J connectivity index is 0.00000190. The quantitative estimate of drug-likeness (QED) is 0.341. The van der Waals surface area contributed by atoms with Crippen molar-refractivity contribution in [1.29, 1.82) is 0 Å². The van der Waals surface area contributed by atoms with Gasteiger partial charge in [0.05, 0.1) is 6.10 Å². The van der Waals surface area contributed by atoms with E-state index in [1.54, 1.807) is 0 Å². The van der Waals surface area contributed by atoms with Crippen LogP contribution in [0.2, 0.25) is 0 Å². The molecule has 0 amide bonds. The molecular formula is C26H42O2. The first-order valence-corrected chi connectivity index (χ1v) is 11.3. The fourth-order valence-electron chi connectivity index (χ4n) is 3.84. The van der Waals surface area contributed by atoms with E-state index in [0.29, 0.717) is 11.7 Å². The maximum atomic E-state index is 10.8. The third-order valence-electron chi connectivity index (χ3n) is 5.21. The first kappa shape index (κ1) is 24.3. The summed E-state index contributed by atoms with van der Waals surface area (Å²) in [7, 11) is 0. The van der Waals surface area contributed by atoms with Crippen LogP contribution in [-0.4, -0.2) is 11.2 Å². The molecule has 1 atom stereocenters. The monoisotopic (exact) mass is 386 g/mol. The van der Waals surface area contributed by atoms with Crippen LogP contribution in [0.3, 0.4) is 0 Å². The zero-order valence-corrected chi connectivity index (χ0v) is 19.1. The van der Waals surface area contributed by atoms with Gasteiger partial charge in [0.1, 0.15) is 11.5 Å². The number of phenols is 1. The summed E-state index contributed by atoms with van der Waals surface area (Å²) >= 11 is 0. The Morgan fingerprint density at radius 2 is 1.93 bits per heavy atom. The van der Waals surface area contributed by atoms with E-state index in [0.717, 1.165) is 54.6 Å². The standard InChI is InChI=1S/C24H36O2.C2H6/c1-6-7-8-9-12-19(5)21-15-22(25)24(23(16-21)26-17(2)3)20-13-10-11-18(4)14-20;1-2/h11,15-17,20,25H,5-10,12-14H2,1-4H3;1-2H3. The Hall–Kier alpha value is -1.70. The zero-order valence-electron chi connectivity index (χ0n) is 19.1. The molecule has 0 saturated carbocycles. The van der Waals surface area contributed by atoms with E-state index in [-0.39, 0.29) is 6.10 Å². The number of allylic oxidation sites excluding steroid dienone is 3. The van der Waals surface area contributed by atoms with E-state index < -0.39 is 0 Å². The first-order chi connectivity index (χ1) is 13.4. The van der Waals surface area contributed by atoms with Gasteiger partial charge in [0.2, 0.25) is 0 Å². The van der Waals surface area contributed by atoms with Crippen molar-refractivity contribution in [1.82, 2.24) is 0 Å². The molecule has 2 rings (SSSR count). The highest BCUT2D eigenvalue weighted by Crippen LogP contribution is 2.44. The molecule has 158 valence electrons. The molecule has 0 bridgehead atoms. The molecular weight excluding hydrogens is 344 g/mol. The maximum absolute atomic E-state index is 10.8. The molecule has 0 fully saturated rings. The lowest BCUT2D eigenvalue weighted by molar-refractivity contribution is 0.236. The van der Waals surface area contributed by atoms with Crippen LogP contribution in [0, 0.1) is 0 Å². The summed E-state index contributed by atoms with van der Waals surface area (Å²) in [4.78, 5) is 0. The van der Waals surface area contributed by atoms with Crippen LogP contribution in [0.5, 0.6) is 11.5 Å². The Bertz CT molecular complexity index is 640. The predicted octanol–water partition coefficient (Wildman–Crippen LogP) is 8.40. The molecule has 2 heteroatoms. The van der Waals surface area contributed by atoms with Crippen molar-refractivity contribution in [3.8, 4) is 11.5 Å². The second-order valence-electron chi connectivity index (χ2n) is 8.02. The number of hydrogen-bond donors (Lipinski definition) is 1. The first-order valence-electron chi connectivity index (χ1n) is 11.3. The SMILES string of the molecule is C=C(CCCCCC)c1cc(O)c(C2CCC=C(C)C2)c(OC(C)C)c1.CC. The second kappa shape index (κ2) is 12.7. The zero-order chi connectivity index (χ0) is 21.1. The molecule has 28 heavy (non-hydrogen) atoms. The molecule has 0 aliphatic heterocycles. The number of hydrogen-bond acceptors (Lipinski definition) is 2. The second-order valence-corrected chi connectivity index (χ2v) is 8.02. The van der Waals surface area contributed by atoms with E-state index >= 15 is 0 Å². The number of benzene rings is 1. The minimum Gasteiger partial charge on any atom is -0.507 e. The van der Waals surface area contributed by atoms with Crippen LogP contribution in [0.15, 0.2) is 30.4 Å². The fraction of sp³-hybridized carbons (Fsp3) is 0.615. The molecule has 1 aromatic rings. The summed E-state index contributed by atoms with van der Waals surface area (Å²) in [5, 5.41) is 10.8. The smallest absolute Gasteiger partial charge is 0.127 e.